The van der Waals surface area contributed by atoms with Crippen LogP contribution in [-0.2, 0) is 16.6 Å². The number of benzene rings is 2. The second kappa shape index (κ2) is 6.01. The van der Waals surface area contributed by atoms with Crippen LogP contribution in [0.15, 0.2) is 71.8 Å². The lowest BCUT2D eigenvalue weighted by molar-refractivity contribution is 0.595. The minimum atomic E-state index is -1.44. The Bertz CT molecular complexity index is 771. The molecule has 0 radical (unpaired) electrons. The van der Waals surface area contributed by atoms with Gasteiger partial charge in [-0.25, -0.2) is 9.07 Å². The number of nitrogens with zero attached hydrogens (tertiary/aromatic N) is 2. The summed E-state index contributed by atoms with van der Waals surface area (Å²) in [5.41, 5.74) is 1.60. The molecule has 2 aromatic carbocycles. The van der Waals surface area contributed by atoms with Gasteiger partial charge in [0.15, 0.2) is 0 Å². The monoisotopic (exact) mass is 300 g/mol. The van der Waals surface area contributed by atoms with Crippen molar-refractivity contribution in [2.75, 3.05) is 0 Å². The average molecular weight is 300 g/mol. The van der Waals surface area contributed by atoms with E-state index in [0.29, 0.717) is 5.69 Å². The molecule has 1 atom stereocenters. The summed E-state index contributed by atoms with van der Waals surface area (Å²) in [6.07, 6.45) is 1.81. The predicted octanol–water partition coefficient (Wildman–Crippen LogP) is 3.32. The summed E-state index contributed by atoms with van der Waals surface area (Å²) < 4.78 is 27.5. The van der Waals surface area contributed by atoms with Crippen LogP contribution < -0.4 is 0 Å². The molecule has 0 spiro atoms. The quantitative estimate of drug-likeness (QED) is 0.741. The number of aromatic nitrogens is 2. The molecule has 0 aliphatic carbocycles. The molecule has 106 valence electrons. The Balaban J connectivity index is 1.79. The maximum atomic E-state index is 13.6. The molecular formula is C16H13FN2OS. The zero-order valence-corrected chi connectivity index (χ0v) is 12.0. The Labute approximate surface area is 124 Å². The summed E-state index contributed by atoms with van der Waals surface area (Å²) in [6.45, 7) is 0. The molecule has 3 aromatic rings. The lowest BCUT2D eigenvalue weighted by Gasteiger charge is -2.02. The molecule has 5 heteroatoms. The normalized spacial score (nSPS) is 12.2. The highest BCUT2D eigenvalue weighted by Gasteiger charge is 2.11. The number of hydrogen-bond donors (Lipinski definition) is 0. The second-order valence-electron chi connectivity index (χ2n) is 4.51. The Kier molecular flexibility index (Phi) is 3.92. The topological polar surface area (TPSA) is 34.9 Å². The minimum absolute atomic E-state index is 0.195. The van der Waals surface area contributed by atoms with Crippen LogP contribution in [0.4, 0.5) is 4.39 Å². The third-order valence-corrected chi connectivity index (χ3v) is 4.41. The fraction of sp³-hybridized carbons (Fsp3) is 0.0625. The van der Waals surface area contributed by atoms with Crippen molar-refractivity contribution in [3.63, 3.8) is 0 Å². The van der Waals surface area contributed by atoms with Crippen LogP contribution in [0, 0.1) is 5.82 Å². The number of halogens is 1. The van der Waals surface area contributed by atoms with Gasteiger partial charge in [0, 0.05) is 6.20 Å². The van der Waals surface area contributed by atoms with Crippen LogP contribution in [0.5, 0.6) is 0 Å². The van der Waals surface area contributed by atoms with E-state index in [1.165, 1.54) is 6.07 Å². The van der Waals surface area contributed by atoms with Crippen molar-refractivity contribution < 1.29 is 8.60 Å². The van der Waals surface area contributed by atoms with Gasteiger partial charge in [0.05, 0.1) is 32.8 Å². The molecule has 0 aliphatic rings. The Hall–Kier alpha value is -2.27. The third-order valence-electron chi connectivity index (χ3n) is 3.03. The van der Waals surface area contributed by atoms with Crippen LogP contribution in [0.3, 0.4) is 0 Å². The molecule has 0 aliphatic heterocycles. The first-order valence-corrected chi connectivity index (χ1v) is 7.79. The van der Waals surface area contributed by atoms with Gasteiger partial charge in [0.25, 0.3) is 0 Å². The van der Waals surface area contributed by atoms with E-state index in [1.54, 1.807) is 28.9 Å². The van der Waals surface area contributed by atoms with Gasteiger partial charge in [0.1, 0.15) is 5.82 Å². The standard InChI is InChI=1S/C16H13FN2OS/c17-15-8-4-5-9-16(15)21(20)12-13-10-11-19(18-13)14-6-2-1-3-7-14/h1-11H,12H2. The van der Waals surface area contributed by atoms with Crippen molar-refractivity contribution in [1.29, 1.82) is 0 Å². The molecule has 0 N–H and O–H groups in total. The van der Waals surface area contributed by atoms with Crippen molar-refractivity contribution in [3.8, 4) is 5.69 Å². The van der Waals surface area contributed by atoms with E-state index in [2.05, 4.69) is 5.10 Å². The smallest absolute Gasteiger partial charge is 0.139 e. The third kappa shape index (κ3) is 3.08. The molecule has 1 aromatic heterocycles. The highest BCUT2D eigenvalue weighted by Crippen LogP contribution is 2.15. The van der Waals surface area contributed by atoms with E-state index >= 15 is 0 Å². The van der Waals surface area contributed by atoms with E-state index in [0.717, 1.165) is 5.69 Å². The first-order chi connectivity index (χ1) is 10.2. The van der Waals surface area contributed by atoms with Crippen molar-refractivity contribution >= 4 is 10.8 Å². The van der Waals surface area contributed by atoms with Gasteiger partial charge in [0.2, 0.25) is 0 Å². The van der Waals surface area contributed by atoms with E-state index in [4.69, 9.17) is 0 Å². The van der Waals surface area contributed by atoms with E-state index in [9.17, 15) is 8.60 Å². The van der Waals surface area contributed by atoms with Gasteiger partial charge in [-0.15, -0.1) is 0 Å². The highest BCUT2D eigenvalue weighted by molar-refractivity contribution is 7.84. The summed E-state index contributed by atoms with van der Waals surface area (Å²) in [5, 5.41) is 4.38. The molecule has 0 bridgehead atoms. The summed E-state index contributed by atoms with van der Waals surface area (Å²) in [5.74, 6) is -0.251. The molecule has 0 amide bonds. The number of hydrogen-bond acceptors (Lipinski definition) is 2. The molecule has 1 unspecified atom stereocenters. The Morgan fingerprint density at radius 1 is 1.00 bits per heavy atom. The van der Waals surface area contributed by atoms with Gasteiger partial charge in [-0.05, 0) is 30.3 Å². The molecule has 0 fully saturated rings. The highest BCUT2D eigenvalue weighted by atomic mass is 32.2. The fourth-order valence-electron chi connectivity index (χ4n) is 2.00. The van der Waals surface area contributed by atoms with Crippen LogP contribution in [-0.4, -0.2) is 14.0 Å². The number of rotatable bonds is 4. The molecule has 21 heavy (non-hydrogen) atoms. The van der Waals surface area contributed by atoms with Gasteiger partial charge < -0.3 is 0 Å². The van der Waals surface area contributed by atoms with Crippen LogP contribution in [0.2, 0.25) is 0 Å². The predicted molar refractivity (Wildman–Crippen MR) is 80.1 cm³/mol. The van der Waals surface area contributed by atoms with Gasteiger partial charge in [-0.2, -0.15) is 5.10 Å². The zero-order chi connectivity index (χ0) is 14.7. The summed E-state index contributed by atoms with van der Waals surface area (Å²) in [7, 11) is -1.44. The average Bonchev–Trinajstić information content (AvgIpc) is 2.97. The van der Waals surface area contributed by atoms with E-state index in [-0.39, 0.29) is 10.6 Å². The van der Waals surface area contributed by atoms with Crippen LogP contribution in [0.1, 0.15) is 5.69 Å². The van der Waals surface area contributed by atoms with Crippen LogP contribution in [0.25, 0.3) is 5.69 Å². The fourth-order valence-corrected chi connectivity index (χ4v) is 3.10. The Morgan fingerprint density at radius 2 is 1.71 bits per heavy atom. The molecular weight excluding hydrogens is 287 g/mol. The summed E-state index contributed by atoms with van der Waals surface area (Å²) in [6, 6.07) is 17.6. The largest absolute Gasteiger partial charge is 0.254 e. The van der Waals surface area contributed by atoms with E-state index < -0.39 is 16.6 Å². The molecule has 0 saturated heterocycles. The number of para-hydroxylation sites is 1. The Morgan fingerprint density at radius 3 is 2.48 bits per heavy atom. The minimum Gasteiger partial charge on any atom is -0.254 e. The van der Waals surface area contributed by atoms with Gasteiger partial charge in [-0.1, -0.05) is 30.3 Å². The SMILES string of the molecule is O=S(Cc1ccn(-c2ccccc2)n1)c1ccccc1F. The molecule has 3 nitrogen and oxygen atoms in total. The zero-order valence-electron chi connectivity index (χ0n) is 11.1. The molecule has 3 rings (SSSR count). The van der Waals surface area contributed by atoms with Crippen molar-refractivity contribution in [2.45, 2.75) is 10.6 Å². The second-order valence-corrected chi connectivity index (χ2v) is 5.93. The van der Waals surface area contributed by atoms with E-state index in [1.807, 2.05) is 36.5 Å². The maximum Gasteiger partial charge on any atom is 0.139 e. The van der Waals surface area contributed by atoms with Crippen molar-refractivity contribution in [3.05, 3.63) is 78.4 Å². The first-order valence-electron chi connectivity index (χ1n) is 6.47. The van der Waals surface area contributed by atoms with Crippen LogP contribution >= 0.6 is 0 Å². The van der Waals surface area contributed by atoms with Crippen molar-refractivity contribution in [2.24, 2.45) is 0 Å². The summed E-state index contributed by atoms with van der Waals surface area (Å²) >= 11 is 0. The first kappa shape index (κ1) is 13.7. The lowest BCUT2D eigenvalue weighted by atomic mass is 10.3. The lowest BCUT2D eigenvalue weighted by Crippen LogP contribution is -2.01. The van der Waals surface area contributed by atoms with Crippen molar-refractivity contribution in [1.82, 2.24) is 9.78 Å². The molecule has 0 saturated carbocycles. The maximum absolute atomic E-state index is 13.6. The molecule has 1 heterocycles. The van der Waals surface area contributed by atoms with Gasteiger partial charge in [-0.3, -0.25) is 4.21 Å². The van der Waals surface area contributed by atoms with Gasteiger partial charge >= 0.3 is 0 Å². The summed E-state index contributed by atoms with van der Waals surface area (Å²) in [4.78, 5) is 0.215.